The van der Waals surface area contributed by atoms with Gasteiger partial charge in [0.25, 0.3) is 0 Å². The molecular formula is C16H16FN3O2. The number of carbonyl (C=O) groups is 1. The molecule has 6 heteroatoms. The topological polar surface area (TPSA) is 68.0 Å². The van der Waals surface area contributed by atoms with Crippen molar-refractivity contribution in [2.75, 3.05) is 0 Å². The number of rotatable bonds is 5. The van der Waals surface area contributed by atoms with Crippen LogP contribution < -0.4 is 5.32 Å². The molecule has 0 atom stereocenters. The van der Waals surface area contributed by atoms with Crippen LogP contribution in [0.1, 0.15) is 43.0 Å². The molecule has 1 aromatic carbocycles. The lowest BCUT2D eigenvalue weighted by Gasteiger charge is -2.02. The van der Waals surface area contributed by atoms with E-state index in [1.54, 1.807) is 19.1 Å². The van der Waals surface area contributed by atoms with Gasteiger partial charge in [-0.2, -0.15) is 0 Å². The van der Waals surface area contributed by atoms with Gasteiger partial charge in [-0.25, -0.2) is 4.39 Å². The monoisotopic (exact) mass is 301 g/mol. The number of halogens is 1. The van der Waals surface area contributed by atoms with Gasteiger partial charge in [0.2, 0.25) is 17.7 Å². The molecule has 1 saturated carbocycles. The summed E-state index contributed by atoms with van der Waals surface area (Å²) in [6.07, 6.45) is 3.60. The maximum Gasteiger partial charge on any atom is 0.244 e. The van der Waals surface area contributed by atoms with Gasteiger partial charge in [0.05, 0.1) is 6.54 Å². The molecule has 22 heavy (non-hydrogen) atoms. The third-order valence-corrected chi connectivity index (χ3v) is 3.45. The highest BCUT2D eigenvalue weighted by molar-refractivity contribution is 5.94. The summed E-state index contributed by atoms with van der Waals surface area (Å²) in [5.41, 5.74) is 1.35. The molecule has 5 nitrogen and oxygen atoms in total. The zero-order valence-corrected chi connectivity index (χ0v) is 12.2. The van der Waals surface area contributed by atoms with Crippen LogP contribution >= 0.6 is 0 Å². The van der Waals surface area contributed by atoms with Gasteiger partial charge >= 0.3 is 0 Å². The first-order chi connectivity index (χ1) is 10.6. The number of carbonyl (C=O) groups excluding carboxylic acids is 1. The fourth-order valence-electron chi connectivity index (χ4n) is 2.06. The fraction of sp³-hybridized carbons (Fsp3) is 0.312. The van der Waals surface area contributed by atoms with Crippen LogP contribution in [0.3, 0.4) is 0 Å². The Balaban J connectivity index is 1.57. The highest BCUT2D eigenvalue weighted by Crippen LogP contribution is 2.38. The van der Waals surface area contributed by atoms with E-state index in [9.17, 15) is 9.18 Å². The maximum atomic E-state index is 13.2. The molecule has 0 spiro atoms. The summed E-state index contributed by atoms with van der Waals surface area (Å²) >= 11 is 0. The summed E-state index contributed by atoms with van der Waals surface area (Å²) in [7, 11) is 0. The Morgan fingerprint density at radius 2 is 2.27 bits per heavy atom. The molecule has 0 bridgehead atoms. The van der Waals surface area contributed by atoms with Gasteiger partial charge in [-0.1, -0.05) is 12.1 Å². The molecule has 1 aliphatic rings. The molecule has 1 aromatic heterocycles. The molecule has 1 fully saturated rings. The molecule has 0 aliphatic heterocycles. The lowest BCUT2D eigenvalue weighted by Crippen LogP contribution is -2.20. The highest BCUT2D eigenvalue weighted by Gasteiger charge is 2.29. The van der Waals surface area contributed by atoms with Crippen molar-refractivity contribution >= 4 is 11.5 Å². The number of nitrogens with zero attached hydrogens (tertiary/aromatic N) is 2. The van der Waals surface area contributed by atoms with Crippen molar-refractivity contribution in [3.63, 3.8) is 0 Å². The average molecular weight is 301 g/mol. The Labute approximate surface area is 127 Å². The van der Waals surface area contributed by atoms with Crippen LogP contribution in [0, 0.1) is 5.82 Å². The minimum atomic E-state index is -0.330. The second-order valence-corrected chi connectivity index (χ2v) is 5.36. The summed E-state index contributed by atoms with van der Waals surface area (Å²) < 4.78 is 18.6. The molecule has 114 valence electrons. The molecular weight excluding hydrogens is 285 g/mol. The molecule has 0 saturated heterocycles. The smallest absolute Gasteiger partial charge is 0.244 e. The van der Waals surface area contributed by atoms with E-state index in [1.807, 2.05) is 0 Å². The van der Waals surface area contributed by atoms with E-state index in [-0.39, 0.29) is 18.3 Å². The first-order valence-corrected chi connectivity index (χ1v) is 7.16. The van der Waals surface area contributed by atoms with Crippen molar-refractivity contribution in [1.82, 2.24) is 15.5 Å². The predicted molar refractivity (Wildman–Crippen MR) is 78.2 cm³/mol. The number of benzene rings is 1. The largest absolute Gasteiger partial charge is 0.423 e. The van der Waals surface area contributed by atoms with Gasteiger partial charge in [-0.05, 0) is 43.0 Å². The van der Waals surface area contributed by atoms with E-state index in [2.05, 4.69) is 15.5 Å². The average Bonchev–Trinajstić information content (AvgIpc) is 3.24. The Hall–Kier alpha value is -2.50. The van der Waals surface area contributed by atoms with Crippen molar-refractivity contribution in [1.29, 1.82) is 0 Å². The summed E-state index contributed by atoms with van der Waals surface area (Å²) in [5.74, 6) is 0.826. The third-order valence-electron chi connectivity index (χ3n) is 3.45. The lowest BCUT2D eigenvalue weighted by atomic mass is 10.1. The van der Waals surface area contributed by atoms with Crippen molar-refractivity contribution in [3.8, 4) is 0 Å². The van der Waals surface area contributed by atoms with Crippen molar-refractivity contribution in [3.05, 3.63) is 53.5 Å². The Morgan fingerprint density at radius 1 is 1.45 bits per heavy atom. The van der Waals surface area contributed by atoms with E-state index in [0.717, 1.165) is 12.8 Å². The maximum absolute atomic E-state index is 13.2. The number of allylic oxidation sites excluding steroid dienone is 1. The van der Waals surface area contributed by atoms with Crippen LogP contribution in [0.25, 0.3) is 5.57 Å². The van der Waals surface area contributed by atoms with Gasteiger partial charge < -0.3 is 9.73 Å². The molecule has 0 unspecified atom stereocenters. The highest BCUT2D eigenvalue weighted by atomic mass is 19.1. The lowest BCUT2D eigenvalue weighted by molar-refractivity contribution is -0.116. The third kappa shape index (κ3) is 3.58. The summed E-state index contributed by atoms with van der Waals surface area (Å²) in [5, 5.41) is 10.5. The number of amides is 1. The number of hydrogen-bond acceptors (Lipinski definition) is 4. The van der Waals surface area contributed by atoms with E-state index < -0.39 is 0 Å². The van der Waals surface area contributed by atoms with E-state index in [1.165, 1.54) is 18.2 Å². The van der Waals surface area contributed by atoms with E-state index in [4.69, 9.17) is 4.42 Å². The van der Waals surface area contributed by atoms with Crippen LogP contribution in [0.15, 0.2) is 34.8 Å². The minimum Gasteiger partial charge on any atom is -0.423 e. The van der Waals surface area contributed by atoms with Crippen LogP contribution in [0.4, 0.5) is 4.39 Å². The number of aromatic nitrogens is 2. The number of hydrogen-bond donors (Lipinski definition) is 1. The van der Waals surface area contributed by atoms with Gasteiger partial charge in [0.15, 0.2) is 0 Å². The fourth-order valence-corrected chi connectivity index (χ4v) is 2.06. The summed E-state index contributed by atoms with van der Waals surface area (Å²) in [4.78, 5) is 11.9. The first kappa shape index (κ1) is 14.4. The minimum absolute atomic E-state index is 0.186. The van der Waals surface area contributed by atoms with Gasteiger partial charge in [-0.15, -0.1) is 10.2 Å². The normalized spacial score (nSPS) is 14.9. The second kappa shape index (κ2) is 6.09. The molecule has 1 aliphatic carbocycles. The van der Waals surface area contributed by atoms with Gasteiger partial charge in [0.1, 0.15) is 5.82 Å². The zero-order chi connectivity index (χ0) is 15.5. The summed E-state index contributed by atoms with van der Waals surface area (Å²) in [6, 6.07) is 6.11. The molecule has 2 aromatic rings. The zero-order valence-electron chi connectivity index (χ0n) is 12.2. The molecule has 1 N–H and O–H groups in total. The summed E-state index contributed by atoms with van der Waals surface area (Å²) in [6.45, 7) is 1.94. The quantitative estimate of drug-likeness (QED) is 0.862. The van der Waals surface area contributed by atoms with E-state index in [0.29, 0.717) is 28.8 Å². The van der Waals surface area contributed by atoms with Crippen molar-refractivity contribution < 1.29 is 13.6 Å². The van der Waals surface area contributed by atoms with Crippen LogP contribution in [0.5, 0.6) is 0 Å². The van der Waals surface area contributed by atoms with E-state index >= 15 is 0 Å². The second-order valence-electron chi connectivity index (χ2n) is 5.36. The Kier molecular flexibility index (Phi) is 4.00. The molecule has 1 heterocycles. The van der Waals surface area contributed by atoms with Gasteiger partial charge in [-0.3, -0.25) is 4.79 Å². The van der Waals surface area contributed by atoms with Crippen LogP contribution in [0.2, 0.25) is 0 Å². The standard InChI is InChI=1S/C16H16FN3O2/c1-10(12-3-2-4-13(17)8-12)7-14(21)18-9-15-19-20-16(22-15)11-5-6-11/h2-4,7-8,11H,5-6,9H2,1H3,(H,18,21)/b10-7-. The van der Waals surface area contributed by atoms with Crippen molar-refractivity contribution in [2.45, 2.75) is 32.2 Å². The van der Waals surface area contributed by atoms with Crippen molar-refractivity contribution in [2.24, 2.45) is 0 Å². The Bertz CT molecular complexity index is 720. The van der Waals surface area contributed by atoms with Gasteiger partial charge in [0, 0.05) is 12.0 Å². The number of nitrogens with one attached hydrogen (secondary N) is 1. The molecule has 3 rings (SSSR count). The molecule has 0 radical (unpaired) electrons. The molecule has 1 amide bonds. The first-order valence-electron chi connectivity index (χ1n) is 7.16. The van der Waals surface area contributed by atoms with Crippen LogP contribution in [-0.4, -0.2) is 16.1 Å². The predicted octanol–water partition coefficient (Wildman–Crippen LogP) is 2.81. The Morgan fingerprint density at radius 3 is 3.00 bits per heavy atom. The SMILES string of the molecule is C/C(=C/C(=O)NCc1nnc(C2CC2)o1)c1cccc(F)c1. The van der Waals surface area contributed by atoms with Crippen LogP contribution in [-0.2, 0) is 11.3 Å².